The van der Waals surface area contributed by atoms with Gasteiger partial charge in [0.2, 0.25) is 10.0 Å². The minimum Gasteiger partial charge on any atom is -0.293 e. The molecule has 15 heavy (non-hydrogen) atoms. The van der Waals surface area contributed by atoms with E-state index in [2.05, 4.69) is 0 Å². The van der Waals surface area contributed by atoms with Crippen molar-refractivity contribution in [2.24, 2.45) is 0 Å². The largest absolute Gasteiger partial charge is 0.293 e. The second kappa shape index (κ2) is 3.06. The summed E-state index contributed by atoms with van der Waals surface area (Å²) in [5.74, 6) is -0.761. The molecule has 1 aliphatic rings. The zero-order chi connectivity index (χ0) is 11.2. The lowest BCUT2D eigenvalue weighted by Gasteiger charge is -2.26. The van der Waals surface area contributed by atoms with Crippen molar-refractivity contribution in [3.63, 3.8) is 0 Å². The first-order valence-corrected chi connectivity index (χ1v) is 6.13. The molecule has 0 saturated carbocycles. The van der Waals surface area contributed by atoms with Crippen LogP contribution in [-0.4, -0.2) is 27.0 Å². The maximum absolute atomic E-state index is 11.6. The molecule has 0 spiro atoms. The molecule has 0 radical (unpaired) electrons. The quantitative estimate of drug-likeness (QED) is 0.660. The molecule has 0 saturated heterocycles. The Morgan fingerprint density at radius 3 is 2.67 bits per heavy atom. The third-order valence-electron chi connectivity index (χ3n) is 2.52. The van der Waals surface area contributed by atoms with Gasteiger partial charge in [-0.15, -0.1) is 0 Å². The molecule has 1 heterocycles. The number of nitrogens with zero attached hydrogens (tertiary/aromatic N) is 1. The Bertz CT molecular complexity index is 534. The number of fused-ring (bicyclic) bond motifs is 1. The number of aryl methyl sites for hydroxylation is 1. The summed E-state index contributed by atoms with van der Waals surface area (Å²) in [6, 6.07) is 5.20. The summed E-state index contributed by atoms with van der Waals surface area (Å²) in [4.78, 5) is 11.6. The number of rotatable bonds is 0. The molecule has 2 rings (SSSR count). The maximum Gasteiger partial charge on any atom is 0.242 e. The van der Waals surface area contributed by atoms with Crippen molar-refractivity contribution in [1.29, 1.82) is 0 Å². The lowest BCUT2D eigenvalue weighted by Crippen LogP contribution is -2.37. The van der Waals surface area contributed by atoms with E-state index in [4.69, 9.17) is 0 Å². The monoisotopic (exact) mass is 225 g/mol. The number of carbonyl (C=O) groups excluding carboxylic acids is 1. The molecule has 0 aromatic heterocycles. The number of benzene rings is 1. The molecule has 5 heteroatoms. The predicted molar refractivity (Wildman–Crippen MR) is 57.7 cm³/mol. The smallest absolute Gasteiger partial charge is 0.242 e. The molecule has 0 aliphatic carbocycles. The van der Waals surface area contributed by atoms with Crippen molar-refractivity contribution in [3.8, 4) is 0 Å². The average Bonchev–Trinajstić information content (AvgIpc) is 2.13. The van der Waals surface area contributed by atoms with Crippen molar-refractivity contribution in [2.45, 2.75) is 6.92 Å². The Labute approximate surface area is 88.6 Å². The molecule has 1 aromatic rings. The Kier molecular flexibility index (Phi) is 2.08. The zero-order valence-corrected chi connectivity index (χ0v) is 9.34. The van der Waals surface area contributed by atoms with Crippen molar-refractivity contribution in [1.82, 2.24) is 0 Å². The summed E-state index contributed by atoms with van der Waals surface area (Å²) < 4.78 is 24.3. The van der Waals surface area contributed by atoms with E-state index in [1.54, 1.807) is 12.1 Å². The van der Waals surface area contributed by atoms with Crippen molar-refractivity contribution < 1.29 is 13.2 Å². The SMILES string of the molecule is Cc1ccc2c(c1)N(C)S(=O)(=O)CC2=O. The second-order valence-corrected chi connectivity index (χ2v) is 5.67. The van der Waals surface area contributed by atoms with E-state index in [1.807, 2.05) is 13.0 Å². The lowest BCUT2D eigenvalue weighted by atomic mass is 10.1. The fourth-order valence-corrected chi connectivity index (χ4v) is 2.76. The van der Waals surface area contributed by atoms with Crippen LogP contribution < -0.4 is 4.31 Å². The Balaban J connectivity index is 2.71. The summed E-state index contributed by atoms with van der Waals surface area (Å²) in [7, 11) is -1.98. The van der Waals surface area contributed by atoms with Crippen LogP contribution >= 0.6 is 0 Å². The fraction of sp³-hybridized carbons (Fsp3) is 0.300. The van der Waals surface area contributed by atoms with Crippen LogP contribution in [0.3, 0.4) is 0 Å². The summed E-state index contributed by atoms with van der Waals surface area (Å²) >= 11 is 0. The number of sulfonamides is 1. The van der Waals surface area contributed by atoms with Crippen molar-refractivity contribution >= 4 is 21.5 Å². The number of anilines is 1. The van der Waals surface area contributed by atoms with Gasteiger partial charge in [0, 0.05) is 12.6 Å². The third-order valence-corrected chi connectivity index (χ3v) is 4.18. The molecular weight excluding hydrogens is 214 g/mol. The molecule has 0 fully saturated rings. The van der Waals surface area contributed by atoms with Crippen molar-refractivity contribution in [3.05, 3.63) is 29.3 Å². The van der Waals surface area contributed by atoms with E-state index in [0.717, 1.165) is 5.56 Å². The van der Waals surface area contributed by atoms with Crippen LogP contribution in [0.1, 0.15) is 15.9 Å². The van der Waals surface area contributed by atoms with Gasteiger partial charge >= 0.3 is 0 Å². The summed E-state index contributed by atoms with van der Waals surface area (Å²) in [5, 5.41) is 0. The van der Waals surface area contributed by atoms with Gasteiger partial charge < -0.3 is 0 Å². The van der Waals surface area contributed by atoms with Gasteiger partial charge in [0.25, 0.3) is 0 Å². The third kappa shape index (κ3) is 1.52. The first-order valence-electron chi connectivity index (χ1n) is 4.52. The first kappa shape index (κ1) is 10.2. The van der Waals surface area contributed by atoms with Crippen LogP contribution in [0.4, 0.5) is 5.69 Å². The van der Waals surface area contributed by atoms with Crippen LogP contribution in [0.25, 0.3) is 0 Å². The Morgan fingerprint density at radius 2 is 2.00 bits per heavy atom. The second-order valence-electron chi connectivity index (χ2n) is 3.67. The first-order chi connectivity index (χ1) is 6.92. The average molecular weight is 225 g/mol. The molecule has 0 bridgehead atoms. The highest BCUT2D eigenvalue weighted by atomic mass is 32.2. The van der Waals surface area contributed by atoms with Gasteiger partial charge in [-0.05, 0) is 24.6 Å². The molecule has 0 atom stereocenters. The van der Waals surface area contributed by atoms with Gasteiger partial charge in [-0.1, -0.05) is 6.07 Å². The van der Waals surface area contributed by atoms with Crippen LogP contribution in [0.15, 0.2) is 18.2 Å². The van der Waals surface area contributed by atoms with Crippen molar-refractivity contribution in [2.75, 3.05) is 17.1 Å². The van der Waals surface area contributed by atoms with Gasteiger partial charge in [-0.2, -0.15) is 0 Å². The normalized spacial score (nSPS) is 18.8. The minimum absolute atomic E-state index is 0.330. The maximum atomic E-state index is 11.6. The highest BCUT2D eigenvalue weighted by Gasteiger charge is 2.32. The molecule has 0 amide bonds. The number of hydrogen-bond donors (Lipinski definition) is 0. The topological polar surface area (TPSA) is 54.5 Å². The number of ketones is 1. The number of carbonyl (C=O) groups is 1. The molecule has 0 unspecified atom stereocenters. The molecule has 80 valence electrons. The highest BCUT2D eigenvalue weighted by molar-refractivity contribution is 7.93. The van der Waals surface area contributed by atoms with E-state index >= 15 is 0 Å². The highest BCUT2D eigenvalue weighted by Crippen LogP contribution is 2.28. The van der Waals surface area contributed by atoms with E-state index in [9.17, 15) is 13.2 Å². The molecule has 0 N–H and O–H groups in total. The molecular formula is C10H11NO3S. The molecule has 1 aromatic carbocycles. The zero-order valence-electron chi connectivity index (χ0n) is 8.52. The fourth-order valence-electron chi connectivity index (χ4n) is 1.63. The van der Waals surface area contributed by atoms with Gasteiger partial charge in [-0.25, -0.2) is 8.42 Å². The van der Waals surface area contributed by atoms with E-state index in [-0.39, 0.29) is 5.78 Å². The molecule has 4 nitrogen and oxygen atoms in total. The van der Waals surface area contributed by atoms with Gasteiger partial charge in [0.15, 0.2) is 5.78 Å². The summed E-state index contributed by atoms with van der Waals surface area (Å²) in [5.41, 5.74) is 1.90. The van der Waals surface area contributed by atoms with Crippen LogP contribution in [0.5, 0.6) is 0 Å². The van der Waals surface area contributed by atoms with E-state index in [0.29, 0.717) is 11.3 Å². The molecule has 1 aliphatic heterocycles. The number of hydrogen-bond acceptors (Lipinski definition) is 3. The van der Waals surface area contributed by atoms with Crippen LogP contribution in [-0.2, 0) is 10.0 Å². The number of Topliss-reactive ketones (excluding diaryl/α,β-unsaturated/α-hetero) is 1. The Hall–Kier alpha value is -1.36. The summed E-state index contributed by atoms with van der Waals surface area (Å²) in [6.07, 6.45) is 0. The summed E-state index contributed by atoms with van der Waals surface area (Å²) in [6.45, 7) is 1.86. The van der Waals surface area contributed by atoms with Crippen LogP contribution in [0, 0.1) is 6.92 Å². The van der Waals surface area contributed by atoms with Gasteiger partial charge in [0.05, 0.1) is 5.69 Å². The van der Waals surface area contributed by atoms with E-state index < -0.39 is 15.8 Å². The van der Waals surface area contributed by atoms with Gasteiger partial charge in [-0.3, -0.25) is 9.10 Å². The Morgan fingerprint density at radius 1 is 1.33 bits per heavy atom. The standard InChI is InChI=1S/C10H11NO3S/c1-7-3-4-8-9(5-7)11(2)15(13,14)6-10(8)12/h3-5H,6H2,1-2H3. The van der Waals surface area contributed by atoms with E-state index in [1.165, 1.54) is 11.4 Å². The van der Waals surface area contributed by atoms with Gasteiger partial charge in [0.1, 0.15) is 5.75 Å². The predicted octanol–water partition coefficient (Wildman–Crippen LogP) is 0.957. The lowest BCUT2D eigenvalue weighted by molar-refractivity contribution is 0.102. The van der Waals surface area contributed by atoms with Crippen LogP contribution in [0.2, 0.25) is 0 Å². The minimum atomic E-state index is -3.46.